The first kappa shape index (κ1) is 94.1. The number of unbranched alkanes of at least 4 members (excludes halogenated alkanes) is 39. The van der Waals surface area contributed by atoms with Gasteiger partial charge in [0.2, 0.25) is 0 Å². The van der Waals surface area contributed by atoms with Crippen LogP contribution in [0.3, 0.4) is 0 Å². The first-order valence-electron chi connectivity index (χ1n) is 39.7. The number of aliphatic hydroxyl groups is 1. The van der Waals surface area contributed by atoms with Crippen LogP contribution in [0.5, 0.6) is 0 Å². The molecule has 0 fully saturated rings. The van der Waals surface area contributed by atoms with Gasteiger partial charge in [-0.15, -0.1) is 0 Å². The van der Waals surface area contributed by atoms with E-state index in [1.54, 1.807) is 0 Å². The van der Waals surface area contributed by atoms with Crippen molar-refractivity contribution in [1.82, 2.24) is 0 Å². The molecule has 3 N–H and O–H groups in total. The summed E-state index contributed by atoms with van der Waals surface area (Å²) in [6, 6.07) is 0. The van der Waals surface area contributed by atoms with Crippen molar-refractivity contribution in [3.05, 3.63) is 0 Å². The molecule has 0 amide bonds. The van der Waals surface area contributed by atoms with Gasteiger partial charge in [0, 0.05) is 25.7 Å². The van der Waals surface area contributed by atoms with Gasteiger partial charge in [0.05, 0.1) is 26.4 Å². The van der Waals surface area contributed by atoms with Crippen molar-refractivity contribution in [2.75, 3.05) is 39.6 Å². The quantitative estimate of drug-likeness (QED) is 0.0222. The summed E-state index contributed by atoms with van der Waals surface area (Å²) in [6.07, 6.45) is 51.3. The number of hydrogen-bond donors (Lipinski definition) is 3. The summed E-state index contributed by atoms with van der Waals surface area (Å²) in [4.78, 5) is 72.8. The predicted octanol–water partition coefficient (Wildman–Crippen LogP) is 22.4. The number of carbonyl (C=O) groups excluding carboxylic acids is 4. The van der Waals surface area contributed by atoms with Gasteiger partial charge in [0.1, 0.15) is 19.3 Å². The summed E-state index contributed by atoms with van der Waals surface area (Å²) in [5.74, 6) is 0.951. The van der Waals surface area contributed by atoms with Gasteiger partial charge >= 0.3 is 39.5 Å². The molecule has 0 saturated heterocycles. The number of carbonyl (C=O) groups is 4. The minimum Gasteiger partial charge on any atom is -0.462 e. The predicted molar refractivity (Wildman–Crippen MR) is 391 cm³/mol. The third kappa shape index (κ3) is 69.2. The Morgan fingerprint density at radius 3 is 0.740 bits per heavy atom. The van der Waals surface area contributed by atoms with Crippen LogP contribution in [0, 0.1) is 23.7 Å². The normalized spacial score (nSPS) is 14.4. The Bertz CT molecular complexity index is 1890. The fourth-order valence-corrected chi connectivity index (χ4v) is 13.3. The average molecular weight is 1410 g/mol. The van der Waals surface area contributed by atoms with E-state index in [0.29, 0.717) is 31.6 Å². The summed E-state index contributed by atoms with van der Waals surface area (Å²) >= 11 is 0. The summed E-state index contributed by atoms with van der Waals surface area (Å²) in [7, 11) is -9.92. The highest BCUT2D eigenvalue weighted by molar-refractivity contribution is 7.47. The maximum absolute atomic E-state index is 13.1. The summed E-state index contributed by atoms with van der Waals surface area (Å²) in [6.45, 7) is 14.2. The van der Waals surface area contributed by atoms with E-state index in [0.717, 1.165) is 114 Å². The Kier molecular flexibility index (Phi) is 65.0. The maximum Gasteiger partial charge on any atom is 0.472 e. The molecule has 0 aromatic carbocycles. The standard InChI is InChI=1S/C77H150O17P2/c1-9-70(8)56-48-40-32-26-27-33-41-49-57-74(79)87-63-72(93-76(81)59-51-43-34-24-20-16-12-10-11-14-18-22-29-37-45-53-67(2)3)65-91-95(83,84)89-61-71(78)62-90-96(85,86)92-66-73(64-88-75(80)58-50-42-36-28-31-39-47-55-69(6)7)94-77(82)60-52-44-35-25-21-17-13-15-19-23-30-38-46-54-68(4)5/h67-73,78H,9-66H2,1-8H3,(H,83,84)(H,85,86)/t70?,71?,72-,73-/m1/s1. The van der Waals surface area contributed by atoms with Gasteiger partial charge in [-0.2, -0.15) is 0 Å². The summed E-state index contributed by atoms with van der Waals surface area (Å²) in [5.41, 5.74) is 0. The number of esters is 4. The fourth-order valence-electron chi connectivity index (χ4n) is 11.7. The van der Waals surface area contributed by atoms with Crippen molar-refractivity contribution in [2.45, 2.75) is 408 Å². The lowest BCUT2D eigenvalue weighted by Gasteiger charge is -2.21. The second kappa shape index (κ2) is 66.3. The van der Waals surface area contributed by atoms with Crippen molar-refractivity contribution in [3.63, 3.8) is 0 Å². The number of hydrogen-bond acceptors (Lipinski definition) is 15. The van der Waals surface area contributed by atoms with Crippen LogP contribution in [0.2, 0.25) is 0 Å². The zero-order valence-electron chi connectivity index (χ0n) is 63.0. The number of phosphoric ester groups is 2. The molecule has 0 radical (unpaired) electrons. The highest BCUT2D eigenvalue weighted by atomic mass is 31.2. The SMILES string of the molecule is CCC(C)CCCCCCCCCCC(=O)OC[C@H](COP(=O)(O)OCC(O)COP(=O)(O)OC[C@@H](COC(=O)CCCCCCCCCC(C)C)OC(=O)CCCCCCCCCCCCCCCC(C)C)OC(=O)CCCCCCCCCCCCCCCCCC(C)C. The van der Waals surface area contributed by atoms with E-state index >= 15 is 0 Å². The summed E-state index contributed by atoms with van der Waals surface area (Å²) in [5, 5.41) is 10.6. The van der Waals surface area contributed by atoms with Crippen LogP contribution in [-0.4, -0.2) is 96.7 Å². The lowest BCUT2D eigenvalue weighted by Crippen LogP contribution is -2.30. The first-order valence-corrected chi connectivity index (χ1v) is 42.7. The van der Waals surface area contributed by atoms with Crippen LogP contribution < -0.4 is 0 Å². The van der Waals surface area contributed by atoms with Crippen molar-refractivity contribution in [2.24, 2.45) is 23.7 Å². The third-order valence-electron chi connectivity index (χ3n) is 18.2. The molecule has 0 aliphatic heterocycles. The Labute approximate surface area is 588 Å². The Morgan fingerprint density at radius 1 is 0.292 bits per heavy atom. The smallest absolute Gasteiger partial charge is 0.462 e. The molecule has 0 rings (SSSR count). The molecular weight excluding hydrogens is 1260 g/mol. The van der Waals surface area contributed by atoms with Gasteiger partial charge in [-0.05, 0) is 49.4 Å². The minimum atomic E-state index is -4.96. The second-order valence-electron chi connectivity index (χ2n) is 29.4. The van der Waals surface area contributed by atoms with E-state index in [9.17, 15) is 43.2 Å². The lowest BCUT2D eigenvalue weighted by molar-refractivity contribution is -0.161. The van der Waals surface area contributed by atoms with Crippen LogP contribution in [0.25, 0.3) is 0 Å². The van der Waals surface area contributed by atoms with Crippen molar-refractivity contribution in [3.8, 4) is 0 Å². The van der Waals surface area contributed by atoms with Gasteiger partial charge in [-0.25, -0.2) is 9.13 Å². The monoisotopic (exact) mass is 1410 g/mol. The molecule has 0 aromatic rings. The van der Waals surface area contributed by atoms with Crippen molar-refractivity contribution < 1.29 is 80.2 Å². The van der Waals surface area contributed by atoms with Crippen LogP contribution in [-0.2, 0) is 65.4 Å². The second-order valence-corrected chi connectivity index (χ2v) is 32.3. The molecule has 17 nitrogen and oxygen atoms in total. The third-order valence-corrected chi connectivity index (χ3v) is 20.1. The molecule has 570 valence electrons. The number of ether oxygens (including phenoxy) is 4. The molecule has 0 aliphatic rings. The van der Waals surface area contributed by atoms with Gasteiger partial charge in [-0.3, -0.25) is 37.3 Å². The van der Waals surface area contributed by atoms with Crippen LogP contribution in [0.15, 0.2) is 0 Å². The summed E-state index contributed by atoms with van der Waals surface area (Å²) < 4.78 is 68.6. The molecule has 0 spiro atoms. The van der Waals surface area contributed by atoms with Crippen LogP contribution >= 0.6 is 15.6 Å². The molecule has 4 unspecified atom stereocenters. The molecule has 0 heterocycles. The fraction of sp³-hybridized carbons (Fsp3) is 0.948. The van der Waals surface area contributed by atoms with Crippen LogP contribution in [0.4, 0.5) is 0 Å². The largest absolute Gasteiger partial charge is 0.472 e. The first-order chi connectivity index (χ1) is 46.1. The number of aliphatic hydroxyl groups excluding tert-OH is 1. The molecular formula is C77H150O17P2. The molecule has 6 atom stereocenters. The number of rotatable bonds is 74. The zero-order valence-corrected chi connectivity index (χ0v) is 64.8. The van der Waals surface area contributed by atoms with Crippen molar-refractivity contribution >= 4 is 39.5 Å². The Balaban J connectivity index is 5.24. The molecule has 19 heteroatoms. The van der Waals surface area contributed by atoms with Gasteiger partial charge in [-0.1, -0.05) is 338 Å². The average Bonchev–Trinajstić information content (AvgIpc) is 1.22. The molecule has 0 bridgehead atoms. The molecule has 0 aliphatic carbocycles. The topological polar surface area (TPSA) is 237 Å². The van der Waals surface area contributed by atoms with Gasteiger partial charge < -0.3 is 33.8 Å². The van der Waals surface area contributed by atoms with E-state index in [1.165, 1.54) is 186 Å². The highest BCUT2D eigenvalue weighted by Gasteiger charge is 2.30. The van der Waals surface area contributed by atoms with E-state index in [-0.39, 0.29) is 25.7 Å². The maximum atomic E-state index is 13.1. The van der Waals surface area contributed by atoms with Crippen LogP contribution in [0.1, 0.15) is 389 Å². The Hall–Kier alpha value is -1.94. The minimum absolute atomic E-state index is 0.106. The molecule has 96 heavy (non-hydrogen) atoms. The molecule has 0 aromatic heterocycles. The number of phosphoric acid groups is 2. The van der Waals surface area contributed by atoms with E-state index in [2.05, 4.69) is 55.4 Å². The van der Waals surface area contributed by atoms with E-state index in [1.807, 2.05) is 0 Å². The highest BCUT2D eigenvalue weighted by Crippen LogP contribution is 2.45. The van der Waals surface area contributed by atoms with Gasteiger partial charge in [0.25, 0.3) is 0 Å². The molecule has 0 saturated carbocycles. The Morgan fingerprint density at radius 2 is 0.500 bits per heavy atom. The van der Waals surface area contributed by atoms with E-state index in [4.69, 9.17) is 37.0 Å². The van der Waals surface area contributed by atoms with E-state index < -0.39 is 97.5 Å². The van der Waals surface area contributed by atoms with Gasteiger partial charge in [0.15, 0.2) is 12.2 Å². The zero-order chi connectivity index (χ0) is 71.0. The lowest BCUT2D eigenvalue weighted by atomic mass is 9.99. The van der Waals surface area contributed by atoms with Crippen molar-refractivity contribution in [1.29, 1.82) is 0 Å².